The molecule has 0 saturated carbocycles. The Hall–Kier alpha value is -3.16. The molecule has 1 aliphatic heterocycles. The van der Waals surface area contributed by atoms with Crippen molar-refractivity contribution in [3.05, 3.63) is 29.6 Å². The Morgan fingerprint density at radius 2 is 1.89 bits per heavy atom. The largest absolute Gasteiger partial charge is 0.444 e. The number of benzene rings is 1. The Morgan fingerprint density at radius 1 is 1.22 bits per heavy atom. The van der Waals surface area contributed by atoms with Crippen LogP contribution >= 0.6 is 0 Å². The Kier molecular flexibility index (Phi) is 7.64. The number of urea groups is 1. The summed E-state index contributed by atoms with van der Waals surface area (Å²) >= 11 is 0. The van der Waals surface area contributed by atoms with Crippen LogP contribution in [0.4, 0.5) is 31.5 Å². The van der Waals surface area contributed by atoms with Gasteiger partial charge in [0.05, 0.1) is 30.7 Å². The number of halogens is 5. The molecule has 2 heterocycles. The van der Waals surface area contributed by atoms with Gasteiger partial charge in [0, 0.05) is 6.54 Å². The van der Waals surface area contributed by atoms with Crippen LogP contribution in [0.5, 0.6) is 0 Å². The molecule has 1 aromatic heterocycles. The first kappa shape index (κ1) is 28.4. The van der Waals surface area contributed by atoms with E-state index in [1.54, 1.807) is 39.0 Å². The monoisotopic (exact) mass is 535 g/mol. The molecule has 14 heteroatoms. The average molecular weight is 536 g/mol. The van der Waals surface area contributed by atoms with Gasteiger partial charge in [0.1, 0.15) is 17.5 Å². The standard InChI is InChI=1S/C23H30F5N5O4/c1-20(2,3)37-19(35)32-16(10-36-21(4,5)23(26,27)28)17-30-14-7-6-13(8-15(14)31-17)9-33-12-22(24,25)11-29-18(33)34/h6-8,16H,9-12H2,1-5H3,(H,29,34)(H,30,31)(H,32,35)/t16-/m0/s1. The summed E-state index contributed by atoms with van der Waals surface area (Å²) in [6.45, 7) is 4.47. The van der Waals surface area contributed by atoms with Crippen LogP contribution in [0.2, 0.25) is 0 Å². The summed E-state index contributed by atoms with van der Waals surface area (Å²) in [7, 11) is 0. The smallest absolute Gasteiger partial charge is 0.416 e. The first-order valence-electron chi connectivity index (χ1n) is 11.4. The van der Waals surface area contributed by atoms with E-state index < -0.39 is 61.2 Å². The molecular formula is C23H30F5N5O4. The second-order valence-corrected chi connectivity index (χ2v) is 10.4. The quantitative estimate of drug-likeness (QED) is 0.448. The summed E-state index contributed by atoms with van der Waals surface area (Å²) < 4.78 is 77.7. The number of ether oxygens (including phenoxy) is 2. The fraction of sp³-hybridized carbons (Fsp3) is 0.609. The number of fused-ring (bicyclic) bond motifs is 1. The zero-order valence-electron chi connectivity index (χ0n) is 21.1. The Labute approximate surface area is 210 Å². The predicted molar refractivity (Wildman–Crippen MR) is 123 cm³/mol. The second kappa shape index (κ2) is 9.95. The number of nitrogens with zero attached hydrogens (tertiary/aromatic N) is 2. The lowest BCUT2D eigenvalue weighted by molar-refractivity contribution is -0.265. The van der Waals surface area contributed by atoms with E-state index in [1.165, 1.54) is 0 Å². The third-order valence-corrected chi connectivity index (χ3v) is 5.46. The van der Waals surface area contributed by atoms with Crippen LogP contribution in [-0.2, 0) is 16.0 Å². The molecule has 2 aromatic rings. The molecule has 3 rings (SSSR count). The first-order chi connectivity index (χ1) is 16.9. The van der Waals surface area contributed by atoms with Crippen molar-refractivity contribution in [2.45, 2.75) is 70.5 Å². The number of carbonyl (C=O) groups excluding carboxylic acids is 2. The Morgan fingerprint density at radius 3 is 2.51 bits per heavy atom. The summed E-state index contributed by atoms with van der Waals surface area (Å²) in [5, 5.41) is 4.62. The van der Waals surface area contributed by atoms with Gasteiger partial charge >= 0.3 is 18.3 Å². The zero-order chi connectivity index (χ0) is 27.8. The molecular weight excluding hydrogens is 505 g/mol. The molecule has 1 saturated heterocycles. The number of aromatic nitrogens is 2. The first-order valence-corrected chi connectivity index (χ1v) is 11.4. The van der Waals surface area contributed by atoms with Crippen LogP contribution in [-0.4, -0.2) is 70.0 Å². The molecule has 1 atom stereocenters. The lowest BCUT2D eigenvalue weighted by Gasteiger charge is -2.33. The number of nitrogens with one attached hydrogen (secondary N) is 3. The number of carbonyl (C=O) groups is 2. The summed E-state index contributed by atoms with van der Waals surface area (Å²) in [5.74, 6) is -2.97. The lowest BCUT2D eigenvalue weighted by Crippen LogP contribution is -2.56. The molecule has 1 aromatic carbocycles. The molecule has 0 bridgehead atoms. The van der Waals surface area contributed by atoms with Crippen LogP contribution < -0.4 is 10.6 Å². The van der Waals surface area contributed by atoms with Crippen LogP contribution in [0.25, 0.3) is 11.0 Å². The highest BCUT2D eigenvalue weighted by Gasteiger charge is 2.49. The molecule has 0 aliphatic carbocycles. The summed E-state index contributed by atoms with van der Waals surface area (Å²) in [5.41, 5.74) is -2.03. The number of hydrogen-bond donors (Lipinski definition) is 3. The van der Waals surface area contributed by atoms with Gasteiger partial charge in [-0.05, 0) is 52.3 Å². The van der Waals surface area contributed by atoms with Crippen LogP contribution in [0.3, 0.4) is 0 Å². The Bertz CT molecular complexity index is 1140. The SMILES string of the molecule is CC(C)(C)OC(=O)N[C@@H](COC(C)(C)C(F)(F)F)c1nc2ccc(CN3CC(F)(F)CNC3=O)cc2[nH]1. The molecule has 1 fully saturated rings. The number of alkyl halides is 5. The third-order valence-electron chi connectivity index (χ3n) is 5.46. The van der Waals surface area contributed by atoms with Gasteiger partial charge in [0.15, 0.2) is 5.60 Å². The molecule has 206 valence electrons. The van der Waals surface area contributed by atoms with Crippen molar-refractivity contribution in [2.24, 2.45) is 0 Å². The number of amides is 3. The molecule has 37 heavy (non-hydrogen) atoms. The highest BCUT2D eigenvalue weighted by Crippen LogP contribution is 2.34. The van der Waals surface area contributed by atoms with Crippen molar-refractivity contribution in [3.8, 4) is 0 Å². The molecule has 0 radical (unpaired) electrons. The van der Waals surface area contributed by atoms with Crippen molar-refractivity contribution in [2.75, 3.05) is 19.7 Å². The Balaban J connectivity index is 1.84. The maximum Gasteiger partial charge on any atom is 0.416 e. The fourth-order valence-corrected chi connectivity index (χ4v) is 3.42. The van der Waals surface area contributed by atoms with Gasteiger partial charge in [-0.15, -0.1) is 0 Å². The highest BCUT2D eigenvalue weighted by molar-refractivity contribution is 5.78. The predicted octanol–water partition coefficient (Wildman–Crippen LogP) is 4.65. The van der Waals surface area contributed by atoms with E-state index in [9.17, 15) is 31.5 Å². The summed E-state index contributed by atoms with van der Waals surface area (Å²) in [6.07, 6.45) is -5.55. The van der Waals surface area contributed by atoms with Crippen molar-refractivity contribution in [1.82, 2.24) is 25.5 Å². The number of hydrogen-bond acceptors (Lipinski definition) is 5. The van der Waals surface area contributed by atoms with Crippen molar-refractivity contribution >= 4 is 23.2 Å². The number of aromatic amines is 1. The highest BCUT2D eigenvalue weighted by atomic mass is 19.4. The molecule has 3 amide bonds. The van der Waals surface area contributed by atoms with E-state index in [-0.39, 0.29) is 12.4 Å². The van der Waals surface area contributed by atoms with Gasteiger partial charge in [0.2, 0.25) is 0 Å². The molecule has 0 spiro atoms. The number of alkyl carbamates (subject to hydrolysis) is 1. The van der Waals surface area contributed by atoms with E-state index in [2.05, 4.69) is 20.6 Å². The summed E-state index contributed by atoms with van der Waals surface area (Å²) in [6, 6.07) is 2.97. The molecule has 1 aliphatic rings. The minimum atomic E-state index is -4.66. The van der Waals surface area contributed by atoms with Gasteiger partial charge in [0.25, 0.3) is 5.92 Å². The molecule has 3 N–H and O–H groups in total. The van der Waals surface area contributed by atoms with Gasteiger partial charge in [-0.1, -0.05) is 6.07 Å². The van der Waals surface area contributed by atoms with Gasteiger partial charge < -0.3 is 30.0 Å². The second-order valence-electron chi connectivity index (χ2n) is 10.4. The van der Waals surface area contributed by atoms with Crippen LogP contribution in [0.1, 0.15) is 52.0 Å². The van der Waals surface area contributed by atoms with E-state index in [0.29, 0.717) is 16.6 Å². The third kappa shape index (κ3) is 7.43. The number of H-pyrrole nitrogens is 1. The van der Waals surface area contributed by atoms with Crippen molar-refractivity contribution < 1.29 is 41.0 Å². The normalized spacial score (nSPS) is 17.5. The van der Waals surface area contributed by atoms with Gasteiger partial charge in [-0.2, -0.15) is 13.2 Å². The van der Waals surface area contributed by atoms with Gasteiger partial charge in [-0.25, -0.2) is 23.4 Å². The van der Waals surface area contributed by atoms with Crippen molar-refractivity contribution in [3.63, 3.8) is 0 Å². The van der Waals surface area contributed by atoms with E-state index >= 15 is 0 Å². The van der Waals surface area contributed by atoms with E-state index in [0.717, 1.165) is 18.7 Å². The minimum Gasteiger partial charge on any atom is -0.444 e. The number of rotatable bonds is 7. The van der Waals surface area contributed by atoms with Crippen LogP contribution in [0.15, 0.2) is 18.2 Å². The van der Waals surface area contributed by atoms with Gasteiger partial charge in [-0.3, -0.25) is 0 Å². The topological polar surface area (TPSA) is 109 Å². The number of imidazole rings is 1. The van der Waals surface area contributed by atoms with E-state index in [4.69, 9.17) is 9.47 Å². The maximum atomic E-state index is 13.7. The molecule has 9 nitrogen and oxygen atoms in total. The van der Waals surface area contributed by atoms with Crippen LogP contribution in [0, 0.1) is 0 Å². The maximum absolute atomic E-state index is 13.7. The zero-order valence-corrected chi connectivity index (χ0v) is 21.1. The lowest BCUT2D eigenvalue weighted by atomic mass is 10.1. The fourth-order valence-electron chi connectivity index (χ4n) is 3.42. The minimum absolute atomic E-state index is 0.0956. The van der Waals surface area contributed by atoms with E-state index in [1.807, 2.05) is 0 Å². The molecule has 0 unspecified atom stereocenters. The average Bonchev–Trinajstić information content (AvgIpc) is 3.15. The van der Waals surface area contributed by atoms with Crippen molar-refractivity contribution in [1.29, 1.82) is 0 Å². The summed E-state index contributed by atoms with van der Waals surface area (Å²) in [4.78, 5) is 32.6.